The average molecular weight is 274 g/mol. The Labute approximate surface area is 117 Å². The molecule has 0 aromatic heterocycles. The Morgan fingerprint density at radius 2 is 1.68 bits per heavy atom. The molecule has 1 amide bonds. The first kappa shape index (κ1) is 18.4. The molecule has 0 spiro atoms. The highest BCUT2D eigenvalue weighted by atomic mass is 16.5. The molecule has 19 heavy (non-hydrogen) atoms. The van der Waals surface area contributed by atoms with Gasteiger partial charge in [-0.05, 0) is 6.42 Å². The Kier molecular flexibility index (Phi) is 13.3. The molecule has 0 saturated carbocycles. The summed E-state index contributed by atoms with van der Waals surface area (Å²) in [5.41, 5.74) is 0. The number of carbonyl (C=O) groups is 1. The summed E-state index contributed by atoms with van der Waals surface area (Å²) >= 11 is 0. The number of ether oxygens (including phenoxy) is 2. The molecule has 0 atom stereocenters. The molecule has 114 valence electrons. The second-order valence-corrected chi connectivity index (χ2v) is 4.79. The van der Waals surface area contributed by atoms with E-state index in [9.17, 15) is 4.79 Å². The van der Waals surface area contributed by atoms with Gasteiger partial charge >= 0.3 is 0 Å². The zero-order valence-electron chi connectivity index (χ0n) is 12.7. The molecule has 2 N–H and O–H groups in total. The molecule has 0 aliphatic carbocycles. The standard InChI is InChI=1S/C14H30N2O3/c1-4-5-6-14(17)16-8-10-19-12-11-18-9-7-15-13(2)3/h13,15H,4-12H2,1-3H3,(H,16,17). The second kappa shape index (κ2) is 13.8. The van der Waals surface area contributed by atoms with Gasteiger partial charge in [0.25, 0.3) is 0 Å². The molecule has 0 fully saturated rings. The summed E-state index contributed by atoms with van der Waals surface area (Å²) in [7, 11) is 0. The summed E-state index contributed by atoms with van der Waals surface area (Å²) < 4.78 is 10.7. The maximum Gasteiger partial charge on any atom is 0.220 e. The third-order valence-electron chi connectivity index (χ3n) is 2.50. The number of hydrogen-bond donors (Lipinski definition) is 2. The van der Waals surface area contributed by atoms with Crippen molar-refractivity contribution in [2.75, 3.05) is 39.5 Å². The maximum absolute atomic E-state index is 11.3. The first-order valence-corrected chi connectivity index (χ1v) is 7.32. The highest BCUT2D eigenvalue weighted by Crippen LogP contribution is 1.92. The Bertz CT molecular complexity index is 211. The van der Waals surface area contributed by atoms with Gasteiger partial charge in [0, 0.05) is 25.6 Å². The lowest BCUT2D eigenvalue weighted by molar-refractivity contribution is -0.121. The number of carbonyl (C=O) groups excluding carboxylic acids is 1. The fraction of sp³-hybridized carbons (Fsp3) is 0.929. The van der Waals surface area contributed by atoms with Gasteiger partial charge in [-0.2, -0.15) is 0 Å². The second-order valence-electron chi connectivity index (χ2n) is 4.79. The van der Waals surface area contributed by atoms with Crippen LogP contribution in [-0.4, -0.2) is 51.5 Å². The van der Waals surface area contributed by atoms with Crippen LogP contribution < -0.4 is 10.6 Å². The van der Waals surface area contributed by atoms with Crippen LogP contribution >= 0.6 is 0 Å². The van der Waals surface area contributed by atoms with Crippen LogP contribution in [0.5, 0.6) is 0 Å². The van der Waals surface area contributed by atoms with E-state index in [1.165, 1.54) is 0 Å². The highest BCUT2D eigenvalue weighted by Gasteiger charge is 1.98. The number of nitrogens with one attached hydrogen (secondary N) is 2. The smallest absolute Gasteiger partial charge is 0.220 e. The molecule has 0 aromatic rings. The van der Waals surface area contributed by atoms with Crippen molar-refractivity contribution >= 4 is 5.91 Å². The zero-order valence-corrected chi connectivity index (χ0v) is 12.7. The molecular weight excluding hydrogens is 244 g/mol. The third-order valence-corrected chi connectivity index (χ3v) is 2.50. The number of hydrogen-bond acceptors (Lipinski definition) is 4. The quantitative estimate of drug-likeness (QED) is 0.497. The van der Waals surface area contributed by atoms with E-state index in [0.717, 1.165) is 19.4 Å². The minimum atomic E-state index is 0.112. The molecule has 0 saturated heterocycles. The van der Waals surface area contributed by atoms with Crippen LogP contribution in [0.25, 0.3) is 0 Å². The van der Waals surface area contributed by atoms with Crippen molar-refractivity contribution < 1.29 is 14.3 Å². The molecule has 0 aliphatic heterocycles. The first-order valence-electron chi connectivity index (χ1n) is 7.32. The fourth-order valence-electron chi connectivity index (χ4n) is 1.43. The van der Waals surface area contributed by atoms with Crippen LogP contribution in [0, 0.1) is 0 Å². The molecule has 0 aromatic carbocycles. The summed E-state index contributed by atoms with van der Waals surface area (Å²) in [6, 6.07) is 0.496. The van der Waals surface area contributed by atoms with Gasteiger partial charge in [-0.15, -0.1) is 0 Å². The molecule has 5 nitrogen and oxygen atoms in total. The van der Waals surface area contributed by atoms with Crippen molar-refractivity contribution in [3.05, 3.63) is 0 Å². The van der Waals surface area contributed by atoms with E-state index in [1.54, 1.807) is 0 Å². The van der Waals surface area contributed by atoms with Gasteiger partial charge in [-0.3, -0.25) is 4.79 Å². The fourth-order valence-corrected chi connectivity index (χ4v) is 1.43. The van der Waals surface area contributed by atoms with Crippen LogP contribution in [-0.2, 0) is 14.3 Å². The predicted molar refractivity (Wildman–Crippen MR) is 77.3 cm³/mol. The predicted octanol–water partition coefficient (Wildman–Crippen LogP) is 1.32. The van der Waals surface area contributed by atoms with Crippen LogP contribution in [0.15, 0.2) is 0 Å². The number of unbranched alkanes of at least 4 members (excludes halogenated alkanes) is 1. The first-order chi connectivity index (χ1) is 9.16. The van der Waals surface area contributed by atoms with E-state index in [-0.39, 0.29) is 5.91 Å². The average Bonchev–Trinajstić information content (AvgIpc) is 2.38. The summed E-state index contributed by atoms with van der Waals surface area (Å²) in [5, 5.41) is 6.10. The van der Waals surface area contributed by atoms with E-state index in [2.05, 4.69) is 31.4 Å². The van der Waals surface area contributed by atoms with E-state index >= 15 is 0 Å². The maximum atomic E-state index is 11.3. The van der Waals surface area contributed by atoms with Gasteiger partial charge < -0.3 is 20.1 Å². The van der Waals surface area contributed by atoms with Crippen LogP contribution in [0.4, 0.5) is 0 Å². The zero-order chi connectivity index (χ0) is 14.3. The van der Waals surface area contributed by atoms with Gasteiger partial charge in [-0.25, -0.2) is 0 Å². The van der Waals surface area contributed by atoms with Crippen molar-refractivity contribution in [3.8, 4) is 0 Å². The van der Waals surface area contributed by atoms with Gasteiger partial charge in [0.05, 0.1) is 26.4 Å². The van der Waals surface area contributed by atoms with Gasteiger partial charge in [-0.1, -0.05) is 27.2 Å². The van der Waals surface area contributed by atoms with Crippen molar-refractivity contribution in [1.29, 1.82) is 0 Å². The molecule has 0 bridgehead atoms. The lowest BCUT2D eigenvalue weighted by atomic mass is 10.2. The summed E-state index contributed by atoms with van der Waals surface area (Å²) in [6.07, 6.45) is 2.61. The molecule has 0 unspecified atom stereocenters. The topological polar surface area (TPSA) is 59.6 Å². The van der Waals surface area contributed by atoms with Crippen molar-refractivity contribution in [1.82, 2.24) is 10.6 Å². The molecule has 0 radical (unpaired) electrons. The molecule has 0 rings (SSSR count). The van der Waals surface area contributed by atoms with E-state index in [0.29, 0.717) is 45.4 Å². The monoisotopic (exact) mass is 274 g/mol. The molecule has 0 aliphatic rings. The number of rotatable bonds is 13. The van der Waals surface area contributed by atoms with E-state index in [4.69, 9.17) is 9.47 Å². The van der Waals surface area contributed by atoms with E-state index in [1.807, 2.05) is 0 Å². The summed E-state index contributed by atoms with van der Waals surface area (Å²) in [4.78, 5) is 11.3. The molecule has 5 heteroatoms. The van der Waals surface area contributed by atoms with E-state index < -0.39 is 0 Å². The van der Waals surface area contributed by atoms with Gasteiger partial charge in [0.2, 0.25) is 5.91 Å². The Balaban J connectivity index is 3.08. The van der Waals surface area contributed by atoms with Crippen LogP contribution in [0.3, 0.4) is 0 Å². The minimum Gasteiger partial charge on any atom is -0.378 e. The Morgan fingerprint density at radius 3 is 2.26 bits per heavy atom. The summed E-state index contributed by atoms with van der Waals surface area (Å²) in [6.45, 7) is 10.2. The van der Waals surface area contributed by atoms with Gasteiger partial charge in [0.15, 0.2) is 0 Å². The minimum absolute atomic E-state index is 0.112. The Morgan fingerprint density at radius 1 is 1.05 bits per heavy atom. The van der Waals surface area contributed by atoms with Crippen molar-refractivity contribution in [2.24, 2.45) is 0 Å². The number of amides is 1. The highest BCUT2D eigenvalue weighted by molar-refractivity contribution is 5.75. The van der Waals surface area contributed by atoms with Crippen molar-refractivity contribution in [3.63, 3.8) is 0 Å². The van der Waals surface area contributed by atoms with Crippen LogP contribution in [0.2, 0.25) is 0 Å². The SMILES string of the molecule is CCCCC(=O)NCCOCCOCCNC(C)C. The van der Waals surface area contributed by atoms with Crippen LogP contribution in [0.1, 0.15) is 40.0 Å². The van der Waals surface area contributed by atoms with Crippen molar-refractivity contribution in [2.45, 2.75) is 46.1 Å². The molecule has 0 heterocycles. The van der Waals surface area contributed by atoms with Gasteiger partial charge in [0.1, 0.15) is 0 Å². The third kappa shape index (κ3) is 15.3. The normalized spacial score (nSPS) is 10.9. The summed E-state index contributed by atoms with van der Waals surface area (Å²) in [5.74, 6) is 0.112. The largest absolute Gasteiger partial charge is 0.378 e. The lowest BCUT2D eigenvalue weighted by Gasteiger charge is -2.09. The molecular formula is C14H30N2O3. The lowest BCUT2D eigenvalue weighted by Crippen LogP contribution is -2.28. The Hall–Kier alpha value is -0.650.